The monoisotopic (exact) mass is 298 g/mol. The highest BCUT2D eigenvalue weighted by Gasteiger charge is 1.96. The molecule has 22 heavy (non-hydrogen) atoms. The van der Waals surface area contributed by atoms with Crippen LogP contribution in [0.1, 0.15) is 5.56 Å². The number of hydrogen-bond acceptors (Lipinski definition) is 4. The zero-order valence-electron chi connectivity index (χ0n) is 13.3. The Morgan fingerprint density at radius 1 is 1.05 bits per heavy atom. The molecule has 0 aliphatic rings. The first-order valence-electron chi connectivity index (χ1n) is 7.23. The van der Waals surface area contributed by atoms with E-state index in [0.29, 0.717) is 6.61 Å². The van der Waals surface area contributed by atoms with Crippen LogP contribution in [-0.2, 0) is 0 Å². The van der Waals surface area contributed by atoms with Crippen molar-refractivity contribution in [2.75, 3.05) is 34.4 Å². The Hall–Kier alpha value is -2.33. The molecule has 2 aromatic rings. The lowest BCUT2D eigenvalue weighted by molar-refractivity contribution is 0.261. The molecule has 0 aliphatic heterocycles. The molecule has 4 heteroatoms. The van der Waals surface area contributed by atoms with Gasteiger partial charge in [0.05, 0.1) is 12.8 Å². The normalized spacial score (nSPS) is 11.1. The quantitative estimate of drug-likeness (QED) is 0.735. The average molecular weight is 298 g/mol. The fraction of sp³-hybridized carbons (Fsp3) is 0.278. The lowest BCUT2D eigenvalue weighted by atomic mass is 10.2. The van der Waals surface area contributed by atoms with E-state index in [2.05, 4.69) is 9.89 Å². The summed E-state index contributed by atoms with van der Waals surface area (Å²) < 4.78 is 10.8. The number of benzene rings is 2. The standard InChI is InChI=1S/C18H22N2O2/c1-20(2)11-12-22-17-9-7-15(8-10-17)14-19-16-5-4-6-18(13-16)21-3/h4-10,13-14H,11-12H2,1-3H3. The first-order valence-corrected chi connectivity index (χ1v) is 7.23. The second-order valence-corrected chi connectivity index (χ2v) is 5.18. The van der Waals surface area contributed by atoms with Crippen LogP contribution in [0.4, 0.5) is 5.69 Å². The van der Waals surface area contributed by atoms with E-state index in [1.54, 1.807) is 7.11 Å². The van der Waals surface area contributed by atoms with E-state index in [9.17, 15) is 0 Å². The Labute approximate surface area is 132 Å². The van der Waals surface area contributed by atoms with Crippen LogP contribution in [0.5, 0.6) is 11.5 Å². The van der Waals surface area contributed by atoms with E-state index < -0.39 is 0 Å². The fourth-order valence-electron chi connectivity index (χ4n) is 1.84. The molecule has 4 nitrogen and oxygen atoms in total. The molecule has 0 aromatic heterocycles. The van der Waals surface area contributed by atoms with E-state index in [4.69, 9.17) is 9.47 Å². The summed E-state index contributed by atoms with van der Waals surface area (Å²) in [7, 11) is 5.71. The van der Waals surface area contributed by atoms with E-state index in [-0.39, 0.29) is 0 Å². The number of hydrogen-bond donors (Lipinski definition) is 0. The topological polar surface area (TPSA) is 34.1 Å². The molecule has 0 radical (unpaired) electrons. The van der Waals surface area contributed by atoms with Crippen LogP contribution in [0.15, 0.2) is 53.5 Å². The van der Waals surface area contributed by atoms with Gasteiger partial charge in [0.25, 0.3) is 0 Å². The van der Waals surface area contributed by atoms with E-state index in [1.807, 2.05) is 68.8 Å². The van der Waals surface area contributed by atoms with Crippen LogP contribution in [0.3, 0.4) is 0 Å². The summed E-state index contributed by atoms with van der Waals surface area (Å²) >= 11 is 0. The van der Waals surface area contributed by atoms with Gasteiger partial charge in [-0.05, 0) is 56.1 Å². The van der Waals surface area contributed by atoms with Crippen molar-refractivity contribution in [2.24, 2.45) is 4.99 Å². The predicted molar refractivity (Wildman–Crippen MR) is 90.7 cm³/mol. The van der Waals surface area contributed by atoms with Gasteiger partial charge in [0, 0.05) is 18.8 Å². The van der Waals surface area contributed by atoms with Gasteiger partial charge in [0.2, 0.25) is 0 Å². The fourth-order valence-corrected chi connectivity index (χ4v) is 1.84. The van der Waals surface area contributed by atoms with Crippen LogP contribution in [0, 0.1) is 0 Å². The lowest BCUT2D eigenvalue weighted by Gasteiger charge is -2.10. The lowest BCUT2D eigenvalue weighted by Crippen LogP contribution is -2.19. The molecule has 0 amide bonds. The van der Waals surface area contributed by atoms with Crippen molar-refractivity contribution in [1.82, 2.24) is 4.90 Å². The molecule has 2 rings (SSSR count). The maximum Gasteiger partial charge on any atom is 0.121 e. The Balaban J connectivity index is 1.94. The van der Waals surface area contributed by atoms with Gasteiger partial charge in [0.15, 0.2) is 0 Å². The van der Waals surface area contributed by atoms with Crippen molar-refractivity contribution in [1.29, 1.82) is 0 Å². The van der Waals surface area contributed by atoms with Crippen LogP contribution in [0.25, 0.3) is 0 Å². The molecule has 0 heterocycles. The summed E-state index contributed by atoms with van der Waals surface area (Å²) in [6.45, 7) is 1.59. The highest BCUT2D eigenvalue weighted by Crippen LogP contribution is 2.19. The maximum absolute atomic E-state index is 5.66. The second-order valence-electron chi connectivity index (χ2n) is 5.18. The molecule has 0 aliphatic carbocycles. The van der Waals surface area contributed by atoms with Crippen molar-refractivity contribution < 1.29 is 9.47 Å². The summed E-state index contributed by atoms with van der Waals surface area (Å²) in [6.07, 6.45) is 1.83. The summed E-state index contributed by atoms with van der Waals surface area (Å²) in [4.78, 5) is 6.54. The number of likely N-dealkylation sites (N-methyl/N-ethyl adjacent to an activating group) is 1. The third-order valence-electron chi connectivity index (χ3n) is 3.10. The van der Waals surface area contributed by atoms with E-state index in [0.717, 1.165) is 29.3 Å². The van der Waals surface area contributed by atoms with Crippen LogP contribution in [0.2, 0.25) is 0 Å². The molecule has 0 unspecified atom stereocenters. The number of aliphatic imine (C=N–C) groups is 1. The smallest absolute Gasteiger partial charge is 0.121 e. The molecule has 0 saturated carbocycles. The molecule has 2 aromatic carbocycles. The van der Waals surface area contributed by atoms with E-state index in [1.165, 1.54) is 0 Å². The molecule has 0 bridgehead atoms. The molecule has 0 spiro atoms. The molecule has 0 N–H and O–H groups in total. The number of nitrogens with zero attached hydrogens (tertiary/aromatic N) is 2. The van der Waals surface area contributed by atoms with Crippen LogP contribution < -0.4 is 9.47 Å². The van der Waals surface area contributed by atoms with Crippen molar-refractivity contribution in [3.63, 3.8) is 0 Å². The van der Waals surface area contributed by atoms with Gasteiger partial charge < -0.3 is 14.4 Å². The molecular weight excluding hydrogens is 276 g/mol. The molecule has 0 saturated heterocycles. The second kappa shape index (κ2) is 8.20. The number of ether oxygens (including phenoxy) is 2. The van der Waals surface area contributed by atoms with Gasteiger partial charge >= 0.3 is 0 Å². The van der Waals surface area contributed by atoms with Gasteiger partial charge in [-0.15, -0.1) is 0 Å². The Kier molecular flexibility index (Phi) is 5.98. The highest BCUT2D eigenvalue weighted by atomic mass is 16.5. The Morgan fingerprint density at radius 2 is 1.82 bits per heavy atom. The van der Waals surface area contributed by atoms with Crippen molar-refractivity contribution >= 4 is 11.9 Å². The van der Waals surface area contributed by atoms with Crippen molar-refractivity contribution in [3.8, 4) is 11.5 Å². The third kappa shape index (κ3) is 5.22. The highest BCUT2D eigenvalue weighted by molar-refractivity contribution is 5.82. The zero-order valence-corrected chi connectivity index (χ0v) is 13.3. The van der Waals surface area contributed by atoms with Crippen LogP contribution >= 0.6 is 0 Å². The Bertz CT molecular complexity index is 607. The van der Waals surface area contributed by atoms with E-state index >= 15 is 0 Å². The predicted octanol–water partition coefficient (Wildman–Crippen LogP) is 3.39. The SMILES string of the molecule is COc1cccc(N=Cc2ccc(OCCN(C)C)cc2)c1. The summed E-state index contributed by atoms with van der Waals surface area (Å²) in [6, 6.07) is 15.6. The minimum atomic E-state index is 0.685. The third-order valence-corrected chi connectivity index (χ3v) is 3.10. The van der Waals surface area contributed by atoms with Gasteiger partial charge in [-0.2, -0.15) is 0 Å². The molecule has 116 valence electrons. The zero-order chi connectivity index (χ0) is 15.8. The maximum atomic E-state index is 5.66. The minimum absolute atomic E-state index is 0.685. The number of methoxy groups -OCH3 is 1. The first kappa shape index (κ1) is 16.0. The van der Waals surface area contributed by atoms with Gasteiger partial charge in [0.1, 0.15) is 18.1 Å². The summed E-state index contributed by atoms with van der Waals surface area (Å²) in [5.41, 5.74) is 1.90. The first-order chi connectivity index (χ1) is 10.7. The molecular formula is C18H22N2O2. The minimum Gasteiger partial charge on any atom is -0.497 e. The average Bonchev–Trinajstić information content (AvgIpc) is 2.54. The Morgan fingerprint density at radius 3 is 2.50 bits per heavy atom. The van der Waals surface area contributed by atoms with Crippen molar-refractivity contribution in [2.45, 2.75) is 0 Å². The summed E-state index contributed by atoms with van der Waals surface area (Å²) in [5, 5.41) is 0. The van der Waals surface area contributed by atoms with Gasteiger partial charge in [-0.25, -0.2) is 0 Å². The molecule has 0 fully saturated rings. The van der Waals surface area contributed by atoms with Crippen molar-refractivity contribution in [3.05, 3.63) is 54.1 Å². The number of rotatable bonds is 7. The van der Waals surface area contributed by atoms with Gasteiger partial charge in [-0.1, -0.05) is 6.07 Å². The van der Waals surface area contributed by atoms with Crippen LogP contribution in [-0.4, -0.2) is 45.5 Å². The molecule has 0 atom stereocenters. The largest absolute Gasteiger partial charge is 0.497 e. The summed E-state index contributed by atoms with van der Waals surface area (Å²) in [5.74, 6) is 1.68. The van der Waals surface area contributed by atoms with Gasteiger partial charge in [-0.3, -0.25) is 4.99 Å².